The van der Waals surface area contributed by atoms with E-state index in [-0.39, 0.29) is 10.9 Å². The van der Waals surface area contributed by atoms with E-state index in [0.717, 1.165) is 26.9 Å². The molecule has 1 aliphatic rings. The monoisotopic (exact) mass is 454 g/mol. The van der Waals surface area contributed by atoms with Crippen molar-refractivity contribution in [1.82, 2.24) is 4.41 Å². The Morgan fingerprint density at radius 3 is 2.21 bits per heavy atom. The van der Waals surface area contributed by atoms with Crippen LogP contribution in [0.3, 0.4) is 0 Å². The summed E-state index contributed by atoms with van der Waals surface area (Å²) in [4.78, 5) is 0.243. The molecule has 28 heavy (non-hydrogen) atoms. The maximum absolute atomic E-state index is 13.3. The minimum absolute atomic E-state index is 0.243. The second-order valence-corrected chi connectivity index (χ2v) is 9.49. The van der Waals surface area contributed by atoms with Crippen molar-refractivity contribution in [2.45, 2.75) is 24.3 Å². The van der Waals surface area contributed by atoms with Crippen molar-refractivity contribution < 1.29 is 8.42 Å². The molecule has 0 spiro atoms. The lowest BCUT2D eigenvalue weighted by molar-refractivity contribution is 0.371. The van der Waals surface area contributed by atoms with Gasteiger partial charge in [0.05, 0.1) is 16.6 Å². The van der Waals surface area contributed by atoms with Crippen LogP contribution >= 0.6 is 15.9 Å². The van der Waals surface area contributed by atoms with Crippen molar-refractivity contribution in [2.75, 3.05) is 0 Å². The van der Waals surface area contributed by atoms with Gasteiger partial charge in [0.25, 0.3) is 10.0 Å². The molecule has 0 fully saturated rings. The van der Waals surface area contributed by atoms with E-state index in [1.165, 1.54) is 4.41 Å². The largest absolute Gasteiger partial charge is 0.279 e. The lowest BCUT2D eigenvalue weighted by Gasteiger charge is -2.23. The Kier molecular flexibility index (Phi) is 5.08. The number of hydrogen-bond acceptors (Lipinski definition) is 3. The van der Waals surface area contributed by atoms with Crippen molar-refractivity contribution in [3.63, 3.8) is 0 Å². The molecule has 1 aliphatic heterocycles. The molecule has 4 rings (SSSR count). The Bertz CT molecular complexity index is 1110. The Balaban J connectivity index is 1.79. The summed E-state index contributed by atoms with van der Waals surface area (Å²) in [6, 6.07) is 23.8. The van der Waals surface area contributed by atoms with Crippen molar-refractivity contribution in [3.8, 4) is 0 Å². The van der Waals surface area contributed by atoms with Crippen LogP contribution in [0.2, 0.25) is 0 Å². The third kappa shape index (κ3) is 3.62. The van der Waals surface area contributed by atoms with Crippen LogP contribution in [0.5, 0.6) is 0 Å². The van der Waals surface area contributed by atoms with E-state index < -0.39 is 10.0 Å². The molecule has 4 nitrogen and oxygen atoms in total. The zero-order valence-electron chi connectivity index (χ0n) is 15.3. The Labute approximate surface area is 173 Å². The van der Waals surface area contributed by atoms with Crippen LogP contribution in [-0.2, 0) is 10.0 Å². The Morgan fingerprint density at radius 1 is 0.929 bits per heavy atom. The van der Waals surface area contributed by atoms with Gasteiger partial charge in [0.15, 0.2) is 0 Å². The van der Waals surface area contributed by atoms with Crippen LogP contribution in [0.1, 0.15) is 29.2 Å². The first-order valence-electron chi connectivity index (χ1n) is 8.94. The average Bonchev–Trinajstić information content (AvgIpc) is 3.16. The second kappa shape index (κ2) is 7.53. The molecule has 6 heteroatoms. The highest BCUT2D eigenvalue weighted by atomic mass is 79.9. The fourth-order valence-electron chi connectivity index (χ4n) is 3.26. The average molecular weight is 455 g/mol. The van der Waals surface area contributed by atoms with E-state index in [0.29, 0.717) is 6.42 Å². The Morgan fingerprint density at radius 2 is 1.57 bits per heavy atom. The Hall–Kier alpha value is -2.44. The molecule has 0 saturated carbocycles. The van der Waals surface area contributed by atoms with Gasteiger partial charge in [-0.2, -0.15) is 17.9 Å². The standard InChI is InChI=1S/C22H19BrN2O2S/c1-16-7-9-18(10-8-16)22-15-21(17-11-13-19(23)14-12-17)24-25(22)28(26,27)20-5-3-2-4-6-20/h2-14,22H,15H2,1H3/t22-/m1/s1. The summed E-state index contributed by atoms with van der Waals surface area (Å²) < 4.78 is 28.9. The summed E-state index contributed by atoms with van der Waals surface area (Å²) in [5.74, 6) is 0. The summed E-state index contributed by atoms with van der Waals surface area (Å²) >= 11 is 3.44. The molecule has 0 N–H and O–H groups in total. The van der Waals surface area contributed by atoms with Gasteiger partial charge in [-0.05, 0) is 42.3 Å². The van der Waals surface area contributed by atoms with Gasteiger partial charge in [0, 0.05) is 10.9 Å². The SMILES string of the molecule is Cc1ccc([C@H]2CC(c3ccc(Br)cc3)=NN2S(=O)(=O)c2ccccc2)cc1. The van der Waals surface area contributed by atoms with E-state index in [2.05, 4.69) is 21.0 Å². The number of benzene rings is 3. The van der Waals surface area contributed by atoms with Crippen LogP contribution in [0.4, 0.5) is 0 Å². The van der Waals surface area contributed by atoms with Crippen LogP contribution in [-0.4, -0.2) is 18.5 Å². The van der Waals surface area contributed by atoms with Gasteiger partial charge in [-0.1, -0.05) is 76.1 Å². The first-order chi connectivity index (χ1) is 13.4. The number of hydrogen-bond donors (Lipinski definition) is 0. The van der Waals surface area contributed by atoms with Gasteiger partial charge in [-0.15, -0.1) is 0 Å². The molecular weight excluding hydrogens is 436 g/mol. The molecule has 1 heterocycles. The molecule has 0 saturated heterocycles. The topological polar surface area (TPSA) is 49.7 Å². The summed E-state index contributed by atoms with van der Waals surface area (Å²) in [5, 5.41) is 4.56. The van der Waals surface area contributed by atoms with Gasteiger partial charge in [0.1, 0.15) is 0 Å². The molecule has 0 bridgehead atoms. The molecule has 0 radical (unpaired) electrons. The number of halogens is 1. The highest BCUT2D eigenvalue weighted by Gasteiger charge is 2.37. The normalized spacial score (nSPS) is 16.9. The lowest BCUT2D eigenvalue weighted by atomic mass is 9.98. The predicted octanol–water partition coefficient (Wildman–Crippen LogP) is 5.30. The van der Waals surface area contributed by atoms with Gasteiger partial charge >= 0.3 is 0 Å². The molecule has 0 amide bonds. The number of hydrazone groups is 1. The first kappa shape index (κ1) is 18.9. The molecule has 0 unspecified atom stereocenters. The van der Waals surface area contributed by atoms with Crippen molar-refractivity contribution in [1.29, 1.82) is 0 Å². The van der Waals surface area contributed by atoms with E-state index >= 15 is 0 Å². The van der Waals surface area contributed by atoms with Gasteiger partial charge in [0.2, 0.25) is 0 Å². The van der Waals surface area contributed by atoms with E-state index in [1.807, 2.05) is 55.5 Å². The van der Waals surface area contributed by atoms with E-state index in [9.17, 15) is 8.42 Å². The van der Waals surface area contributed by atoms with E-state index in [4.69, 9.17) is 0 Å². The first-order valence-corrected chi connectivity index (χ1v) is 11.2. The zero-order valence-corrected chi connectivity index (χ0v) is 17.7. The van der Waals surface area contributed by atoms with E-state index in [1.54, 1.807) is 30.3 Å². The van der Waals surface area contributed by atoms with Crippen LogP contribution < -0.4 is 0 Å². The minimum Gasteiger partial charge on any atom is -0.200 e. The highest BCUT2D eigenvalue weighted by Crippen LogP contribution is 2.37. The van der Waals surface area contributed by atoms with Crippen LogP contribution in [0.15, 0.2) is 93.3 Å². The van der Waals surface area contributed by atoms with Crippen molar-refractivity contribution in [3.05, 3.63) is 100 Å². The third-order valence-corrected chi connectivity index (χ3v) is 7.02. The zero-order chi connectivity index (χ0) is 19.7. The summed E-state index contributed by atoms with van der Waals surface area (Å²) in [6.45, 7) is 2.01. The molecule has 0 aliphatic carbocycles. The molecule has 142 valence electrons. The third-order valence-electron chi connectivity index (χ3n) is 4.80. The van der Waals surface area contributed by atoms with Crippen molar-refractivity contribution >= 4 is 31.7 Å². The number of nitrogens with zero attached hydrogens (tertiary/aromatic N) is 2. The maximum Gasteiger partial charge on any atom is 0.279 e. The summed E-state index contributed by atoms with van der Waals surface area (Å²) in [5.41, 5.74) is 3.75. The molecule has 0 aromatic heterocycles. The van der Waals surface area contributed by atoms with Crippen molar-refractivity contribution in [2.24, 2.45) is 5.10 Å². The molecule has 3 aromatic carbocycles. The van der Waals surface area contributed by atoms with Gasteiger partial charge in [-0.3, -0.25) is 0 Å². The smallest absolute Gasteiger partial charge is 0.200 e. The highest BCUT2D eigenvalue weighted by molar-refractivity contribution is 9.10. The summed E-state index contributed by atoms with van der Waals surface area (Å²) in [6.07, 6.45) is 0.525. The fraction of sp³-hybridized carbons (Fsp3) is 0.136. The quantitative estimate of drug-likeness (QED) is 0.536. The lowest BCUT2D eigenvalue weighted by Crippen LogP contribution is -2.27. The van der Waals surface area contributed by atoms with Gasteiger partial charge < -0.3 is 0 Å². The molecular formula is C22H19BrN2O2S. The minimum atomic E-state index is -3.76. The number of rotatable bonds is 4. The fourth-order valence-corrected chi connectivity index (χ4v) is 4.98. The second-order valence-electron chi connectivity index (χ2n) is 6.77. The van der Waals surface area contributed by atoms with Crippen LogP contribution in [0.25, 0.3) is 0 Å². The maximum atomic E-state index is 13.3. The molecule has 3 aromatic rings. The van der Waals surface area contributed by atoms with Gasteiger partial charge in [-0.25, -0.2) is 0 Å². The predicted molar refractivity (Wildman–Crippen MR) is 115 cm³/mol. The summed E-state index contributed by atoms with van der Waals surface area (Å²) in [7, 11) is -3.76. The molecule has 1 atom stereocenters. The van der Waals surface area contributed by atoms with Crippen LogP contribution in [0, 0.1) is 6.92 Å². The number of aryl methyl sites for hydroxylation is 1. The number of sulfonamides is 1.